The maximum absolute atomic E-state index is 12.5. The highest BCUT2D eigenvalue weighted by atomic mass is 35.5. The number of benzene rings is 2. The predicted octanol–water partition coefficient (Wildman–Crippen LogP) is 4.54. The molecule has 0 unspecified atom stereocenters. The number of hydrogen-bond donors (Lipinski definition) is 1. The van der Waals surface area contributed by atoms with E-state index in [1.54, 1.807) is 24.3 Å². The van der Waals surface area contributed by atoms with Gasteiger partial charge in [0.05, 0.1) is 17.2 Å². The summed E-state index contributed by atoms with van der Waals surface area (Å²) in [7, 11) is 0. The number of nitrogens with one attached hydrogen (secondary N) is 1. The predicted molar refractivity (Wildman–Crippen MR) is 119 cm³/mol. The van der Waals surface area contributed by atoms with Crippen molar-refractivity contribution in [3.8, 4) is 5.75 Å². The third-order valence-electron chi connectivity index (χ3n) is 5.49. The van der Waals surface area contributed by atoms with E-state index in [9.17, 15) is 9.59 Å². The van der Waals surface area contributed by atoms with Crippen LogP contribution in [0.1, 0.15) is 47.2 Å². The fourth-order valence-electron chi connectivity index (χ4n) is 3.76. The van der Waals surface area contributed by atoms with Gasteiger partial charge in [-0.05, 0) is 56.4 Å². The Morgan fingerprint density at radius 2 is 1.73 bits per heavy atom. The number of piperidine rings is 1. The SMILES string of the molecule is Cc1cccc(C)c1OCCCC(=O)N1CCC(NC(=O)c2ccccc2Cl)CC1. The summed E-state index contributed by atoms with van der Waals surface area (Å²) in [6.45, 7) is 5.90. The Balaban J connectivity index is 1.38. The fraction of sp³-hybridized carbons (Fsp3) is 0.417. The van der Waals surface area contributed by atoms with Gasteiger partial charge in [-0.15, -0.1) is 0 Å². The van der Waals surface area contributed by atoms with Gasteiger partial charge in [0.1, 0.15) is 5.75 Å². The van der Waals surface area contributed by atoms with Gasteiger partial charge < -0.3 is 15.0 Å². The number of nitrogens with zero attached hydrogens (tertiary/aromatic N) is 1. The quantitative estimate of drug-likeness (QED) is 0.659. The van der Waals surface area contributed by atoms with Gasteiger partial charge in [0.2, 0.25) is 5.91 Å². The first-order valence-corrected chi connectivity index (χ1v) is 10.9. The van der Waals surface area contributed by atoms with Crippen molar-refractivity contribution in [2.75, 3.05) is 19.7 Å². The van der Waals surface area contributed by atoms with Crippen molar-refractivity contribution >= 4 is 23.4 Å². The molecule has 160 valence electrons. The summed E-state index contributed by atoms with van der Waals surface area (Å²) < 4.78 is 5.89. The minimum Gasteiger partial charge on any atom is -0.493 e. The molecule has 1 aliphatic rings. The normalized spacial score (nSPS) is 14.4. The number of para-hydroxylation sites is 1. The van der Waals surface area contributed by atoms with E-state index in [0.29, 0.717) is 43.1 Å². The monoisotopic (exact) mass is 428 g/mol. The second-order valence-corrected chi connectivity index (χ2v) is 8.19. The molecule has 0 spiro atoms. The summed E-state index contributed by atoms with van der Waals surface area (Å²) in [5.74, 6) is 0.907. The van der Waals surface area contributed by atoms with Crippen molar-refractivity contribution in [2.24, 2.45) is 0 Å². The van der Waals surface area contributed by atoms with Crippen LogP contribution in [-0.4, -0.2) is 42.5 Å². The molecule has 30 heavy (non-hydrogen) atoms. The lowest BCUT2D eigenvalue weighted by Gasteiger charge is -2.32. The average Bonchev–Trinajstić information content (AvgIpc) is 2.73. The number of amides is 2. The smallest absolute Gasteiger partial charge is 0.253 e. The molecule has 0 bridgehead atoms. The Morgan fingerprint density at radius 3 is 2.40 bits per heavy atom. The number of likely N-dealkylation sites (tertiary alicyclic amines) is 1. The molecular weight excluding hydrogens is 400 g/mol. The highest BCUT2D eigenvalue weighted by Gasteiger charge is 2.24. The van der Waals surface area contributed by atoms with E-state index in [1.165, 1.54) is 0 Å². The van der Waals surface area contributed by atoms with Gasteiger partial charge in [-0.1, -0.05) is 41.9 Å². The first kappa shape index (κ1) is 22.2. The first-order chi connectivity index (χ1) is 14.5. The molecule has 2 amide bonds. The van der Waals surface area contributed by atoms with Gasteiger partial charge in [0.15, 0.2) is 0 Å². The van der Waals surface area contributed by atoms with Crippen molar-refractivity contribution in [3.05, 3.63) is 64.2 Å². The summed E-state index contributed by atoms with van der Waals surface area (Å²) in [5, 5.41) is 3.48. The molecule has 3 rings (SSSR count). The fourth-order valence-corrected chi connectivity index (χ4v) is 3.99. The van der Waals surface area contributed by atoms with Gasteiger partial charge in [0, 0.05) is 25.6 Å². The molecule has 1 N–H and O–H groups in total. The molecule has 1 fully saturated rings. The maximum Gasteiger partial charge on any atom is 0.253 e. The van der Waals surface area contributed by atoms with Gasteiger partial charge in [0.25, 0.3) is 5.91 Å². The molecule has 0 saturated carbocycles. The van der Waals surface area contributed by atoms with Crippen LogP contribution in [0.3, 0.4) is 0 Å². The number of carbonyl (C=O) groups is 2. The standard InChI is InChI=1S/C24H29ClN2O3/c1-17-7-5-8-18(2)23(17)30-16-6-11-22(28)27-14-12-19(13-15-27)26-24(29)20-9-3-4-10-21(20)25/h3-5,7-10,19H,6,11-16H2,1-2H3,(H,26,29). The van der Waals surface area contributed by atoms with E-state index < -0.39 is 0 Å². The van der Waals surface area contributed by atoms with Crippen molar-refractivity contribution in [1.29, 1.82) is 0 Å². The zero-order chi connectivity index (χ0) is 21.5. The van der Waals surface area contributed by atoms with Gasteiger partial charge >= 0.3 is 0 Å². The van der Waals surface area contributed by atoms with Gasteiger partial charge in [-0.3, -0.25) is 9.59 Å². The lowest BCUT2D eigenvalue weighted by atomic mass is 10.0. The van der Waals surface area contributed by atoms with E-state index in [2.05, 4.69) is 5.32 Å². The second kappa shape index (κ2) is 10.5. The minimum absolute atomic E-state index is 0.0604. The molecule has 0 radical (unpaired) electrons. The van der Waals surface area contributed by atoms with E-state index in [0.717, 1.165) is 29.7 Å². The van der Waals surface area contributed by atoms with E-state index in [1.807, 2.05) is 36.9 Å². The Morgan fingerprint density at radius 1 is 1.07 bits per heavy atom. The minimum atomic E-state index is -0.158. The zero-order valence-electron chi connectivity index (χ0n) is 17.6. The van der Waals surface area contributed by atoms with Crippen LogP contribution < -0.4 is 10.1 Å². The largest absolute Gasteiger partial charge is 0.493 e. The third-order valence-corrected chi connectivity index (χ3v) is 5.82. The summed E-state index contributed by atoms with van der Waals surface area (Å²) in [5.41, 5.74) is 2.71. The molecule has 1 heterocycles. The topological polar surface area (TPSA) is 58.6 Å². The van der Waals surface area contributed by atoms with Crippen molar-refractivity contribution in [1.82, 2.24) is 10.2 Å². The van der Waals surface area contributed by atoms with Gasteiger partial charge in [-0.25, -0.2) is 0 Å². The Kier molecular flexibility index (Phi) is 7.75. The van der Waals surface area contributed by atoms with Crippen LogP contribution >= 0.6 is 11.6 Å². The molecule has 2 aromatic rings. The van der Waals surface area contributed by atoms with E-state index in [-0.39, 0.29) is 17.9 Å². The number of carbonyl (C=O) groups excluding carboxylic acids is 2. The zero-order valence-corrected chi connectivity index (χ0v) is 18.4. The number of rotatable bonds is 7. The molecule has 0 aliphatic carbocycles. The Hall–Kier alpha value is -2.53. The third kappa shape index (κ3) is 5.76. The summed E-state index contributed by atoms with van der Waals surface area (Å²) in [6.07, 6.45) is 2.67. The molecule has 6 heteroatoms. The molecular formula is C24H29ClN2O3. The first-order valence-electron chi connectivity index (χ1n) is 10.5. The highest BCUT2D eigenvalue weighted by Crippen LogP contribution is 2.22. The van der Waals surface area contributed by atoms with Crippen molar-refractivity contribution in [3.63, 3.8) is 0 Å². The van der Waals surface area contributed by atoms with Gasteiger partial charge in [-0.2, -0.15) is 0 Å². The molecule has 2 aromatic carbocycles. The van der Waals surface area contributed by atoms with Crippen LogP contribution in [-0.2, 0) is 4.79 Å². The van der Waals surface area contributed by atoms with E-state index >= 15 is 0 Å². The summed E-state index contributed by atoms with van der Waals surface area (Å²) >= 11 is 6.09. The number of ether oxygens (including phenoxy) is 1. The second-order valence-electron chi connectivity index (χ2n) is 7.78. The Bertz CT molecular complexity index is 872. The van der Waals surface area contributed by atoms with Crippen LogP contribution in [0.4, 0.5) is 0 Å². The lowest BCUT2D eigenvalue weighted by Crippen LogP contribution is -2.46. The number of aryl methyl sites for hydroxylation is 2. The summed E-state index contributed by atoms with van der Waals surface area (Å²) in [4.78, 5) is 26.8. The van der Waals surface area contributed by atoms with Crippen molar-refractivity contribution in [2.45, 2.75) is 45.6 Å². The number of hydrogen-bond acceptors (Lipinski definition) is 3. The molecule has 0 aromatic heterocycles. The molecule has 0 atom stereocenters. The average molecular weight is 429 g/mol. The van der Waals surface area contributed by atoms with E-state index in [4.69, 9.17) is 16.3 Å². The maximum atomic E-state index is 12.5. The van der Waals surface area contributed by atoms with Crippen LogP contribution in [0.2, 0.25) is 5.02 Å². The van der Waals surface area contributed by atoms with Crippen LogP contribution in [0.25, 0.3) is 0 Å². The molecule has 1 saturated heterocycles. The number of halogens is 1. The van der Waals surface area contributed by atoms with Crippen LogP contribution in [0.5, 0.6) is 5.75 Å². The Labute approximate surface area is 183 Å². The highest BCUT2D eigenvalue weighted by molar-refractivity contribution is 6.33. The molecule has 5 nitrogen and oxygen atoms in total. The van der Waals surface area contributed by atoms with Crippen LogP contribution in [0.15, 0.2) is 42.5 Å². The van der Waals surface area contributed by atoms with Crippen LogP contribution in [0, 0.1) is 13.8 Å². The summed E-state index contributed by atoms with van der Waals surface area (Å²) in [6, 6.07) is 13.2. The lowest BCUT2D eigenvalue weighted by molar-refractivity contribution is -0.132. The van der Waals surface area contributed by atoms with Crippen molar-refractivity contribution < 1.29 is 14.3 Å². The molecule has 1 aliphatic heterocycles.